The number of allylic oxidation sites excluding steroid dienone is 2. The summed E-state index contributed by atoms with van der Waals surface area (Å²) in [4.78, 5) is 14.0. The van der Waals surface area contributed by atoms with Gasteiger partial charge in [-0.25, -0.2) is 0 Å². The Kier molecular flexibility index (Phi) is 4.18. The van der Waals surface area contributed by atoms with Crippen LogP contribution in [0.2, 0.25) is 0 Å². The molecule has 4 nitrogen and oxygen atoms in total. The maximum absolute atomic E-state index is 10.5. The molecule has 2 rings (SSSR count). The molecule has 4 heteroatoms. The van der Waals surface area contributed by atoms with Gasteiger partial charge in [0, 0.05) is 24.5 Å². The van der Waals surface area contributed by atoms with Gasteiger partial charge < -0.3 is 0 Å². The maximum atomic E-state index is 10.5. The Morgan fingerprint density at radius 2 is 1.42 bits per heavy atom. The van der Waals surface area contributed by atoms with Crippen LogP contribution in [0.1, 0.15) is 11.1 Å². The first kappa shape index (κ1) is 12.7. The van der Waals surface area contributed by atoms with E-state index in [-0.39, 0.29) is 5.69 Å². The van der Waals surface area contributed by atoms with E-state index in [9.17, 15) is 10.1 Å². The average Bonchev–Trinajstić information content (AvgIpc) is 2.45. The molecule has 94 valence electrons. The lowest BCUT2D eigenvalue weighted by molar-refractivity contribution is -0.384. The van der Waals surface area contributed by atoms with Crippen molar-refractivity contribution in [3.8, 4) is 0 Å². The Hall–Kier alpha value is -2.75. The quantitative estimate of drug-likeness (QED) is 0.473. The fourth-order valence-electron chi connectivity index (χ4n) is 1.52. The number of hydrogen-bond donors (Lipinski definition) is 0. The van der Waals surface area contributed by atoms with E-state index in [0.717, 1.165) is 11.1 Å². The summed E-state index contributed by atoms with van der Waals surface area (Å²) in [7, 11) is 0. The highest BCUT2D eigenvalue weighted by molar-refractivity contribution is 5.57. The number of non-ortho nitro benzene ring substituents is 1. The van der Waals surface area contributed by atoms with Crippen LogP contribution in [0.3, 0.4) is 0 Å². The van der Waals surface area contributed by atoms with Gasteiger partial charge in [0.2, 0.25) is 0 Å². The molecular formula is C15H12N2O2. The zero-order valence-corrected chi connectivity index (χ0v) is 10.1. The molecule has 1 aromatic heterocycles. The van der Waals surface area contributed by atoms with Crippen molar-refractivity contribution in [2.45, 2.75) is 0 Å². The minimum Gasteiger partial charge on any atom is -0.265 e. The normalized spacial score (nSPS) is 11.2. The number of aromatic nitrogens is 1. The number of hydrogen-bond acceptors (Lipinski definition) is 3. The SMILES string of the molecule is O=[N+]([O-])c1ccc(/C=C/C=C/c2ccncc2)cc1. The van der Waals surface area contributed by atoms with Crippen molar-refractivity contribution in [2.75, 3.05) is 0 Å². The van der Waals surface area contributed by atoms with Crippen LogP contribution in [0, 0.1) is 10.1 Å². The maximum Gasteiger partial charge on any atom is 0.269 e. The minimum atomic E-state index is -0.406. The molecule has 1 heterocycles. The Bertz CT molecular complexity index is 602. The van der Waals surface area contributed by atoms with Crippen LogP contribution >= 0.6 is 0 Å². The van der Waals surface area contributed by atoms with Crippen molar-refractivity contribution in [1.29, 1.82) is 0 Å². The summed E-state index contributed by atoms with van der Waals surface area (Å²) < 4.78 is 0. The zero-order valence-electron chi connectivity index (χ0n) is 10.1. The van der Waals surface area contributed by atoms with Crippen LogP contribution in [-0.2, 0) is 0 Å². The fourth-order valence-corrected chi connectivity index (χ4v) is 1.52. The molecule has 0 saturated carbocycles. The molecule has 0 aliphatic rings. The van der Waals surface area contributed by atoms with Crippen LogP contribution in [0.15, 0.2) is 60.9 Å². The Morgan fingerprint density at radius 1 is 0.895 bits per heavy atom. The second kappa shape index (κ2) is 6.26. The van der Waals surface area contributed by atoms with E-state index in [4.69, 9.17) is 0 Å². The van der Waals surface area contributed by atoms with E-state index in [1.54, 1.807) is 24.5 Å². The topological polar surface area (TPSA) is 56.0 Å². The molecule has 0 aliphatic heterocycles. The molecule has 0 amide bonds. The standard InChI is InChI=1S/C15H12N2O2/c18-17(19)15-7-5-13(6-8-15)3-1-2-4-14-9-11-16-12-10-14/h1-12H/b3-1+,4-2+. The molecule has 19 heavy (non-hydrogen) atoms. The summed E-state index contributed by atoms with van der Waals surface area (Å²) in [5, 5.41) is 10.5. The van der Waals surface area contributed by atoms with Crippen LogP contribution in [-0.4, -0.2) is 9.91 Å². The summed E-state index contributed by atoms with van der Waals surface area (Å²) in [6.07, 6.45) is 11.1. The predicted octanol–water partition coefficient (Wildman–Crippen LogP) is 3.72. The van der Waals surface area contributed by atoms with Gasteiger partial charge in [-0.05, 0) is 35.4 Å². The summed E-state index contributed by atoms with van der Waals surface area (Å²) in [6.45, 7) is 0. The Balaban J connectivity index is 1.99. The molecule has 0 spiro atoms. The van der Waals surface area contributed by atoms with Gasteiger partial charge in [0.05, 0.1) is 4.92 Å². The molecule has 0 fully saturated rings. The van der Waals surface area contributed by atoms with Gasteiger partial charge in [-0.15, -0.1) is 0 Å². The van der Waals surface area contributed by atoms with Gasteiger partial charge in [-0.2, -0.15) is 0 Å². The molecule has 0 unspecified atom stereocenters. The third-order valence-electron chi connectivity index (χ3n) is 2.50. The lowest BCUT2D eigenvalue weighted by Crippen LogP contribution is -1.86. The first-order chi connectivity index (χ1) is 9.25. The smallest absolute Gasteiger partial charge is 0.265 e. The molecule has 0 N–H and O–H groups in total. The van der Waals surface area contributed by atoms with Crippen molar-refractivity contribution >= 4 is 17.8 Å². The summed E-state index contributed by atoms with van der Waals surface area (Å²) in [5.41, 5.74) is 2.10. The van der Waals surface area contributed by atoms with Crippen LogP contribution in [0.5, 0.6) is 0 Å². The number of pyridine rings is 1. The van der Waals surface area contributed by atoms with Gasteiger partial charge in [0.25, 0.3) is 5.69 Å². The summed E-state index contributed by atoms with van der Waals surface area (Å²) in [6, 6.07) is 10.2. The van der Waals surface area contributed by atoms with Gasteiger partial charge in [0.15, 0.2) is 0 Å². The molecule has 1 aromatic carbocycles. The highest BCUT2D eigenvalue weighted by atomic mass is 16.6. The molecule has 0 aliphatic carbocycles. The van der Waals surface area contributed by atoms with Crippen molar-refractivity contribution in [3.63, 3.8) is 0 Å². The number of benzene rings is 1. The number of nitro benzene ring substituents is 1. The monoisotopic (exact) mass is 252 g/mol. The van der Waals surface area contributed by atoms with E-state index in [2.05, 4.69) is 4.98 Å². The molecular weight excluding hydrogens is 240 g/mol. The van der Waals surface area contributed by atoms with Crippen molar-refractivity contribution in [2.24, 2.45) is 0 Å². The largest absolute Gasteiger partial charge is 0.269 e. The first-order valence-electron chi connectivity index (χ1n) is 5.75. The third kappa shape index (κ3) is 3.89. The van der Waals surface area contributed by atoms with Gasteiger partial charge in [-0.1, -0.05) is 24.3 Å². The van der Waals surface area contributed by atoms with E-state index in [1.165, 1.54) is 12.1 Å². The third-order valence-corrected chi connectivity index (χ3v) is 2.50. The molecule has 2 aromatic rings. The predicted molar refractivity (Wildman–Crippen MR) is 75.4 cm³/mol. The number of nitrogens with zero attached hydrogens (tertiary/aromatic N) is 2. The second-order valence-corrected chi connectivity index (χ2v) is 3.85. The van der Waals surface area contributed by atoms with Crippen molar-refractivity contribution in [1.82, 2.24) is 4.98 Å². The van der Waals surface area contributed by atoms with Gasteiger partial charge >= 0.3 is 0 Å². The van der Waals surface area contributed by atoms with Crippen molar-refractivity contribution < 1.29 is 4.92 Å². The van der Waals surface area contributed by atoms with E-state index < -0.39 is 4.92 Å². The summed E-state index contributed by atoms with van der Waals surface area (Å²) >= 11 is 0. The second-order valence-electron chi connectivity index (χ2n) is 3.85. The first-order valence-corrected chi connectivity index (χ1v) is 5.75. The summed E-state index contributed by atoms with van der Waals surface area (Å²) in [5.74, 6) is 0. The molecule has 0 bridgehead atoms. The highest BCUT2D eigenvalue weighted by Crippen LogP contribution is 2.12. The Labute approximate surface area is 110 Å². The van der Waals surface area contributed by atoms with Gasteiger partial charge in [0.1, 0.15) is 0 Å². The Morgan fingerprint density at radius 3 is 1.95 bits per heavy atom. The van der Waals surface area contributed by atoms with E-state index in [0.29, 0.717) is 0 Å². The van der Waals surface area contributed by atoms with Crippen LogP contribution in [0.4, 0.5) is 5.69 Å². The van der Waals surface area contributed by atoms with Gasteiger partial charge in [-0.3, -0.25) is 15.1 Å². The number of rotatable bonds is 4. The number of nitro groups is 1. The molecule has 0 saturated heterocycles. The lowest BCUT2D eigenvalue weighted by atomic mass is 10.2. The van der Waals surface area contributed by atoms with E-state index in [1.807, 2.05) is 36.4 Å². The minimum absolute atomic E-state index is 0.101. The molecule has 0 radical (unpaired) electrons. The molecule has 0 atom stereocenters. The lowest BCUT2D eigenvalue weighted by Gasteiger charge is -1.92. The average molecular weight is 252 g/mol. The zero-order chi connectivity index (χ0) is 13.5. The highest BCUT2D eigenvalue weighted by Gasteiger charge is 2.01. The van der Waals surface area contributed by atoms with E-state index >= 15 is 0 Å². The van der Waals surface area contributed by atoms with Crippen molar-refractivity contribution in [3.05, 3.63) is 82.2 Å². The van der Waals surface area contributed by atoms with Crippen LogP contribution < -0.4 is 0 Å². The van der Waals surface area contributed by atoms with Crippen LogP contribution in [0.25, 0.3) is 12.2 Å². The fraction of sp³-hybridized carbons (Fsp3) is 0.